The number of fused-ring (bicyclic) bond motifs is 2. The molecule has 1 atom stereocenters. The van der Waals surface area contributed by atoms with Gasteiger partial charge in [0.25, 0.3) is 0 Å². The topological polar surface area (TPSA) is 74.6 Å². The van der Waals surface area contributed by atoms with Crippen LogP contribution in [0.2, 0.25) is 0 Å². The summed E-state index contributed by atoms with van der Waals surface area (Å²) < 4.78 is 5.84. The second kappa shape index (κ2) is 8.52. The van der Waals surface area contributed by atoms with Crippen LogP contribution >= 0.6 is 0 Å². The van der Waals surface area contributed by atoms with Gasteiger partial charge in [0.1, 0.15) is 11.8 Å². The highest BCUT2D eigenvalue weighted by Crippen LogP contribution is 2.44. The number of amides is 1. The van der Waals surface area contributed by atoms with Crippen LogP contribution in [0.3, 0.4) is 0 Å². The van der Waals surface area contributed by atoms with E-state index in [0.29, 0.717) is 17.8 Å². The van der Waals surface area contributed by atoms with Crippen LogP contribution in [-0.2, 0) is 22.4 Å². The van der Waals surface area contributed by atoms with Gasteiger partial charge in [-0.2, -0.15) is 0 Å². The minimum absolute atomic E-state index is 0.0588. The molecule has 2 N–H and O–H groups in total. The molecule has 0 spiro atoms. The smallest absolute Gasteiger partial charge is 0.239 e. The van der Waals surface area contributed by atoms with E-state index >= 15 is 0 Å². The summed E-state index contributed by atoms with van der Waals surface area (Å²) in [6.07, 6.45) is 5.44. The minimum atomic E-state index is -0.458. The lowest BCUT2D eigenvalue weighted by Crippen LogP contribution is -2.44. The van der Waals surface area contributed by atoms with Crippen molar-refractivity contribution in [2.45, 2.75) is 44.2 Å². The number of rotatable bonds is 4. The van der Waals surface area contributed by atoms with Crippen LogP contribution in [0.5, 0.6) is 0 Å². The standard InChI is InChI=1S/C28H27N3O3/c32-24-12-5-10-22-27(24)28(25-13-6-14-34-25)31(23-11-4-3-9-21(23)30-22)17-26(33)29-20-15-18-7-1-2-8-19(18)16-20/h1-4,6-9,11,13-14,20,28,30H,5,10,12,15-17H2,(H,29,33). The van der Waals surface area contributed by atoms with Crippen LogP contribution in [0.15, 0.2) is 82.6 Å². The van der Waals surface area contributed by atoms with Crippen molar-refractivity contribution in [1.82, 2.24) is 5.32 Å². The third kappa shape index (κ3) is 3.69. The normalized spacial score (nSPS) is 19.7. The van der Waals surface area contributed by atoms with Crippen molar-refractivity contribution in [3.05, 3.63) is 95.1 Å². The Kier molecular flexibility index (Phi) is 5.21. The summed E-state index contributed by atoms with van der Waals surface area (Å²) in [5.74, 6) is 0.721. The van der Waals surface area contributed by atoms with E-state index in [9.17, 15) is 9.59 Å². The molecule has 0 fully saturated rings. The molecular weight excluding hydrogens is 426 g/mol. The number of hydrogen-bond acceptors (Lipinski definition) is 5. The van der Waals surface area contributed by atoms with Crippen molar-refractivity contribution in [3.8, 4) is 0 Å². The number of carbonyl (C=O) groups excluding carboxylic acids is 2. The quantitative estimate of drug-likeness (QED) is 0.607. The molecule has 1 aliphatic heterocycles. The predicted octanol–water partition coefficient (Wildman–Crippen LogP) is 4.54. The first-order valence-electron chi connectivity index (χ1n) is 12.0. The summed E-state index contributed by atoms with van der Waals surface area (Å²) in [7, 11) is 0. The van der Waals surface area contributed by atoms with Gasteiger partial charge >= 0.3 is 0 Å². The van der Waals surface area contributed by atoms with Crippen LogP contribution in [0.4, 0.5) is 11.4 Å². The van der Waals surface area contributed by atoms with Gasteiger partial charge in [-0.05, 0) is 61.1 Å². The second-order valence-corrected chi connectivity index (χ2v) is 9.30. The molecule has 6 nitrogen and oxygen atoms in total. The third-order valence-electron chi connectivity index (χ3n) is 7.08. The number of nitrogens with one attached hydrogen (secondary N) is 2. The maximum Gasteiger partial charge on any atom is 0.239 e. The Labute approximate surface area is 198 Å². The Morgan fingerprint density at radius 3 is 2.53 bits per heavy atom. The summed E-state index contributed by atoms with van der Waals surface area (Å²) in [5, 5.41) is 6.76. The van der Waals surface area contributed by atoms with E-state index in [4.69, 9.17) is 4.42 Å². The lowest BCUT2D eigenvalue weighted by molar-refractivity contribution is -0.121. The molecule has 6 rings (SSSR count). The Bertz CT molecular complexity index is 1250. The number of carbonyl (C=O) groups is 2. The third-order valence-corrected chi connectivity index (χ3v) is 7.08. The fraction of sp³-hybridized carbons (Fsp3) is 0.286. The zero-order valence-corrected chi connectivity index (χ0v) is 18.9. The van der Waals surface area contributed by atoms with Gasteiger partial charge in [-0.15, -0.1) is 0 Å². The van der Waals surface area contributed by atoms with E-state index in [0.717, 1.165) is 42.8 Å². The first kappa shape index (κ1) is 20.8. The van der Waals surface area contributed by atoms with Crippen LogP contribution in [-0.4, -0.2) is 24.3 Å². The zero-order valence-electron chi connectivity index (χ0n) is 18.9. The van der Waals surface area contributed by atoms with Gasteiger partial charge in [-0.1, -0.05) is 36.4 Å². The van der Waals surface area contributed by atoms with Crippen LogP contribution < -0.4 is 15.5 Å². The number of allylic oxidation sites excluding steroid dienone is 1. The summed E-state index contributed by atoms with van der Waals surface area (Å²) in [4.78, 5) is 28.6. The van der Waals surface area contributed by atoms with E-state index in [1.807, 2.05) is 53.4 Å². The van der Waals surface area contributed by atoms with Gasteiger partial charge in [0.15, 0.2) is 5.78 Å². The number of furan rings is 1. The van der Waals surface area contributed by atoms with Gasteiger partial charge in [0.2, 0.25) is 5.91 Å². The average Bonchev–Trinajstić information content (AvgIpc) is 3.48. The van der Waals surface area contributed by atoms with Gasteiger partial charge in [-0.25, -0.2) is 0 Å². The molecule has 1 aromatic heterocycles. The molecule has 2 aliphatic carbocycles. The molecule has 34 heavy (non-hydrogen) atoms. The van der Waals surface area contributed by atoms with Crippen molar-refractivity contribution < 1.29 is 14.0 Å². The number of benzene rings is 2. The van der Waals surface area contributed by atoms with Crippen molar-refractivity contribution in [2.75, 3.05) is 16.8 Å². The molecule has 0 saturated heterocycles. The molecule has 2 aromatic carbocycles. The fourth-order valence-electron chi connectivity index (χ4n) is 5.61. The zero-order chi connectivity index (χ0) is 23.1. The van der Waals surface area contributed by atoms with Crippen molar-refractivity contribution in [3.63, 3.8) is 0 Å². The Balaban J connectivity index is 1.35. The molecular formula is C28H27N3O3. The average molecular weight is 454 g/mol. The minimum Gasteiger partial charge on any atom is -0.467 e. The van der Waals surface area contributed by atoms with Gasteiger partial charge < -0.3 is 20.0 Å². The number of anilines is 2. The largest absolute Gasteiger partial charge is 0.467 e. The summed E-state index contributed by atoms with van der Waals surface area (Å²) in [5.41, 5.74) is 6.02. The van der Waals surface area contributed by atoms with Crippen LogP contribution in [0, 0.1) is 0 Å². The molecule has 2 heterocycles. The molecule has 0 radical (unpaired) electrons. The van der Waals surface area contributed by atoms with E-state index in [1.54, 1.807) is 6.26 Å². The SMILES string of the molecule is O=C(CN1c2ccccc2NC2=C(C(=O)CCC2)C1c1ccco1)NC1Cc2ccccc2C1. The Morgan fingerprint density at radius 1 is 1.00 bits per heavy atom. The van der Waals surface area contributed by atoms with Gasteiger partial charge in [-0.3, -0.25) is 9.59 Å². The molecule has 6 heteroatoms. The lowest BCUT2D eigenvalue weighted by Gasteiger charge is -2.33. The highest BCUT2D eigenvalue weighted by Gasteiger charge is 2.39. The first-order chi connectivity index (χ1) is 16.7. The van der Waals surface area contributed by atoms with Crippen LogP contribution in [0.1, 0.15) is 42.2 Å². The predicted molar refractivity (Wildman–Crippen MR) is 131 cm³/mol. The summed E-state index contributed by atoms with van der Waals surface area (Å²) in [6, 6.07) is 19.6. The molecule has 3 aliphatic rings. The molecule has 0 bridgehead atoms. The number of para-hydroxylation sites is 2. The van der Waals surface area contributed by atoms with Crippen molar-refractivity contribution in [2.24, 2.45) is 0 Å². The van der Waals surface area contributed by atoms with E-state index in [-0.39, 0.29) is 24.3 Å². The number of hydrogen-bond donors (Lipinski definition) is 2. The number of Topliss-reactive ketones (excluding diaryl/α,β-unsaturated/α-hetero) is 1. The number of ketones is 1. The van der Waals surface area contributed by atoms with E-state index < -0.39 is 6.04 Å². The maximum absolute atomic E-state index is 13.4. The highest BCUT2D eigenvalue weighted by atomic mass is 16.3. The summed E-state index contributed by atoms with van der Waals surface area (Å²) in [6.45, 7) is 0.126. The molecule has 1 unspecified atom stereocenters. The fourth-order valence-corrected chi connectivity index (χ4v) is 5.61. The maximum atomic E-state index is 13.4. The lowest BCUT2D eigenvalue weighted by atomic mass is 9.88. The first-order valence-corrected chi connectivity index (χ1v) is 12.0. The number of nitrogens with zero attached hydrogens (tertiary/aromatic N) is 1. The molecule has 0 saturated carbocycles. The Hall–Kier alpha value is -3.80. The van der Waals surface area contributed by atoms with Gasteiger partial charge in [0.05, 0.1) is 24.2 Å². The van der Waals surface area contributed by atoms with E-state index in [2.05, 4.69) is 22.8 Å². The van der Waals surface area contributed by atoms with Gasteiger partial charge in [0, 0.05) is 23.7 Å². The Morgan fingerprint density at radius 2 is 1.76 bits per heavy atom. The highest BCUT2D eigenvalue weighted by molar-refractivity contribution is 6.01. The molecule has 172 valence electrons. The van der Waals surface area contributed by atoms with Crippen molar-refractivity contribution in [1.29, 1.82) is 0 Å². The second-order valence-electron chi connectivity index (χ2n) is 9.30. The molecule has 3 aromatic rings. The summed E-state index contributed by atoms with van der Waals surface area (Å²) >= 11 is 0. The monoisotopic (exact) mass is 453 g/mol. The van der Waals surface area contributed by atoms with Crippen LogP contribution in [0.25, 0.3) is 0 Å². The van der Waals surface area contributed by atoms with E-state index in [1.165, 1.54) is 11.1 Å². The van der Waals surface area contributed by atoms with Crippen molar-refractivity contribution >= 4 is 23.1 Å². The molecule has 1 amide bonds.